The summed E-state index contributed by atoms with van der Waals surface area (Å²) in [6, 6.07) is 9.13. The number of ketones is 2. The first-order chi connectivity index (χ1) is 11.1. The molecule has 4 rings (SSSR count). The molecule has 2 aliphatic carbocycles. The highest BCUT2D eigenvalue weighted by atomic mass is 16.1. The van der Waals surface area contributed by atoms with Crippen LogP contribution in [0.25, 0.3) is 0 Å². The van der Waals surface area contributed by atoms with E-state index in [1.54, 1.807) is 12.2 Å². The number of benzene rings is 1. The molecule has 5 heteroatoms. The van der Waals surface area contributed by atoms with E-state index in [0.717, 1.165) is 5.56 Å². The van der Waals surface area contributed by atoms with Crippen LogP contribution in [0.2, 0.25) is 0 Å². The molecule has 0 aromatic heterocycles. The van der Waals surface area contributed by atoms with Crippen LogP contribution in [0.15, 0.2) is 64.1 Å². The maximum Gasteiger partial charge on any atom is 0.215 e. The van der Waals surface area contributed by atoms with Crippen molar-refractivity contribution in [2.75, 3.05) is 0 Å². The van der Waals surface area contributed by atoms with Crippen LogP contribution in [0.4, 0.5) is 0 Å². The molecule has 2 bridgehead atoms. The minimum absolute atomic E-state index is 0.00977. The highest BCUT2D eigenvalue weighted by molar-refractivity contribution is 6.26. The molecule has 1 aliphatic heterocycles. The van der Waals surface area contributed by atoms with Gasteiger partial charge in [-0.3, -0.25) is 9.59 Å². The van der Waals surface area contributed by atoms with Crippen molar-refractivity contribution in [1.82, 2.24) is 0 Å². The van der Waals surface area contributed by atoms with E-state index < -0.39 is 17.9 Å². The van der Waals surface area contributed by atoms with Crippen LogP contribution in [-0.4, -0.2) is 23.2 Å². The lowest BCUT2D eigenvalue weighted by molar-refractivity contribution is -0.120. The predicted molar refractivity (Wildman–Crippen MR) is 87.1 cm³/mol. The molecular weight excluding hydrogens is 290 g/mol. The third-order valence-electron chi connectivity index (χ3n) is 4.57. The summed E-state index contributed by atoms with van der Waals surface area (Å²) < 4.78 is 0. The second-order valence-electron chi connectivity index (χ2n) is 5.93. The van der Waals surface area contributed by atoms with Crippen LogP contribution < -0.4 is 5.73 Å². The number of fused-ring (bicyclic) bond motifs is 4. The third-order valence-corrected chi connectivity index (χ3v) is 4.57. The molecule has 3 unspecified atom stereocenters. The van der Waals surface area contributed by atoms with Crippen LogP contribution >= 0.6 is 0 Å². The van der Waals surface area contributed by atoms with Crippen molar-refractivity contribution < 1.29 is 9.59 Å². The number of hydrogen-bond acceptors (Lipinski definition) is 5. The summed E-state index contributed by atoms with van der Waals surface area (Å²) in [4.78, 5) is 33.9. The summed E-state index contributed by atoms with van der Waals surface area (Å²) in [5, 5.41) is 0. The number of rotatable bonds is 1. The minimum atomic E-state index is -0.543. The highest BCUT2D eigenvalue weighted by Gasteiger charge is 2.47. The monoisotopic (exact) mass is 305 g/mol. The van der Waals surface area contributed by atoms with Crippen molar-refractivity contribution in [2.45, 2.75) is 12.5 Å². The van der Waals surface area contributed by atoms with Crippen LogP contribution in [0, 0.1) is 11.8 Å². The zero-order chi connectivity index (χ0) is 16.0. The largest absolute Gasteiger partial charge is 0.368 e. The molecule has 0 radical (unpaired) electrons. The normalized spacial score (nSPS) is 29.2. The fourth-order valence-corrected chi connectivity index (χ4v) is 3.50. The fourth-order valence-electron chi connectivity index (χ4n) is 3.50. The predicted octanol–water partition coefficient (Wildman–Crippen LogP) is 1.77. The van der Waals surface area contributed by atoms with E-state index >= 15 is 0 Å². The van der Waals surface area contributed by atoms with Gasteiger partial charge in [0.2, 0.25) is 5.96 Å². The molecular formula is C18H15N3O2. The maximum atomic E-state index is 12.9. The standard InChI is InChI=1S/C18H15N3O2/c19-18-20-15(10-5-2-1-3-6-10)14-16(21-18)12-9-11(17(14)23)7-4-8-13(12)22/h1-8,12,14-15H,9H2,(H2,19,20). The van der Waals surface area contributed by atoms with E-state index in [2.05, 4.69) is 9.98 Å². The van der Waals surface area contributed by atoms with Gasteiger partial charge in [-0.05, 0) is 23.6 Å². The van der Waals surface area contributed by atoms with E-state index in [9.17, 15) is 9.59 Å². The summed E-state index contributed by atoms with van der Waals surface area (Å²) >= 11 is 0. The fraction of sp³-hybridized carbons (Fsp3) is 0.222. The number of carbonyl (C=O) groups excluding carboxylic acids is 2. The smallest absolute Gasteiger partial charge is 0.215 e. The zero-order valence-electron chi connectivity index (χ0n) is 12.3. The van der Waals surface area contributed by atoms with Crippen molar-refractivity contribution in [2.24, 2.45) is 27.6 Å². The lowest BCUT2D eigenvalue weighted by Crippen LogP contribution is -2.45. The van der Waals surface area contributed by atoms with Crippen molar-refractivity contribution in [3.63, 3.8) is 0 Å². The van der Waals surface area contributed by atoms with Crippen LogP contribution in [0.1, 0.15) is 18.0 Å². The van der Waals surface area contributed by atoms with Gasteiger partial charge in [0, 0.05) is 5.71 Å². The van der Waals surface area contributed by atoms with Gasteiger partial charge in [0.15, 0.2) is 11.6 Å². The summed E-state index contributed by atoms with van der Waals surface area (Å²) in [6.45, 7) is 0. The molecule has 5 nitrogen and oxygen atoms in total. The summed E-state index contributed by atoms with van der Waals surface area (Å²) in [5.74, 6) is -0.869. The second kappa shape index (κ2) is 5.12. The topological polar surface area (TPSA) is 84.9 Å². The van der Waals surface area contributed by atoms with E-state index in [-0.39, 0.29) is 17.5 Å². The highest BCUT2D eigenvalue weighted by Crippen LogP contribution is 2.41. The first-order valence-electron chi connectivity index (χ1n) is 7.57. The quantitative estimate of drug-likeness (QED) is 0.858. The van der Waals surface area contributed by atoms with Crippen molar-refractivity contribution in [1.29, 1.82) is 0 Å². The number of hydrogen-bond donors (Lipinski definition) is 1. The van der Waals surface area contributed by atoms with Gasteiger partial charge >= 0.3 is 0 Å². The lowest BCUT2D eigenvalue weighted by atomic mass is 9.70. The number of allylic oxidation sites excluding steroid dienone is 4. The Morgan fingerprint density at radius 3 is 2.70 bits per heavy atom. The number of guanidine groups is 1. The van der Waals surface area contributed by atoms with Gasteiger partial charge in [-0.2, -0.15) is 0 Å². The van der Waals surface area contributed by atoms with E-state index in [4.69, 9.17) is 5.73 Å². The maximum absolute atomic E-state index is 12.9. The molecule has 1 aromatic rings. The first-order valence-corrected chi connectivity index (χ1v) is 7.57. The number of carbonyl (C=O) groups is 2. The molecule has 2 N–H and O–H groups in total. The average Bonchev–Trinajstić information content (AvgIpc) is 2.73. The molecule has 114 valence electrons. The number of aliphatic imine (C=N–C) groups is 2. The number of Topliss-reactive ketones (excluding diaryl/α,β-unsaturated/α-hetero) is 1. The van der Waals surface area contributed by atoms with Gasteiger partial charge in [-0.25, -0.2) is 9.98 Å². The summed E-state index contributed by atoms with van der Waals surface area (Å²) in [7, 11) is 0. The Bertz CT molecular complexity index is 818. The van der Waals surface area contributed by atoms with Crippen LogP contribution in [-0.2, 0) is 9.59 Å². The minimum Gasteiger partial charge on any atom is -0.368 e. The Balaban J connectivity index is 1.87. The van der Waals surface area contributed by atoms with Gasteiger partial charge in [0.05, 0.1) is 17.9 Å². The molecule has 1 heterocycles. The Kier molecular flexibility index (Phi) is 3.08. The lowest BCUT2D eigenvalue weighted by Gasteiger charge is -2.35. The number of nitrogens with zero attached hydrogens (tertiary/aromatic N) is 2. The van der Waals surface area contributed by atoms with E-state index in [1.165, 1.54) is 6.08 Å². The molecule has 0 spiro atoms. The first kappa shape index (κ1) is 13.8. The van der Waals surface area contributed by atoms with Crippen LogP contribution in [0.3, 0.4) is 0 Å². The van der Waals surface area contributed by atoms with E-state index in [0.29, 0.717) is 17.7 Å². The SMILES string of the molecule is NC1=NC(c2ccccc2)C2C(=O)C3=CC=CC(=O)C(C3)C2=N1. The van der Waals surface area contributed by atoms with Gasteiger partial charge < -0.3 is 5.73 Å². The Hall–Kier alpha value is -2.82. The molecule has 1 aromatic carbocycles. The van der Waals surface area contributed by atoms with Crippen molar-refractivity contribution >= 4 is 23.2 Å². The van der Waals surface area contributed by atoms with Crippen molar-refractivity contribution in [3.05, 3.63) is 59.7 Å². The average molecular weight is 305 g/mol. The molecule has 1 saturated carbocycles. The zero-order valence-corrected chi connectivity index (χ0v) is 12.3. The Morgan fingerprint density at radius 2 is 1.91 bits per heavy atom. The van der Waals surface area contributed by atoms with Gasteiger partial charge in [-0.15, -0.1) is 0 Å². The van der Waals surface area contributed by atoms with Gasteiger partial charge in [-0.1, -0.05) is 42.5 Å². The molecule has 0 amide bonds. The van der Waals surface area contributed by atoms with Crippen molar-refractivity contribution in [3.8, 4) is 0 Å². The summed E-state index contributed by atoms with van der Waals surface area (Å²) in [6.07, 6.45) is 5.29. The number of nitrogens with two attached hydrogens (primary N) is 1. The molecule has 3 aliphatic rings. The summed E-state index contributed by atoms with van der Waals surface area (Å²) in [5.41, 5.74) is 8.00. The molecule has 23 heavy (non-hydrogen) atoms. The molecule has 1 fully saturated rings. The van der Waals surface area contributed by atoms with Crippen LogP contribution in [0.5, 0.6) is 0 Å². The molecule has 3 atom stereocenters. The van der Waals surface area contributed by atoms with E-state index in [1.807, 2.05) is 30.3 Å². The molecule has 0 saturated heterocycles. The Labute approximate surface area is 133 Å². The second-order valence-corrected chi connectivity index (χ2v) is 5.93. The van der Waals surface area contributed by atoms with Gasteiger partial charge in [0.1, 0.15) is 0 Å². The van der Waals surface area contributed by atoms with Gasteiger partial charge in [0.25, 0.3) is 0 Å². The Morgan fingerprint density at radius 1 is 1.13 bits per heavy atom. The third kappa shape index (κ3) is 2.16.